The lowest BCUT2D eigenvalue weighted by Crippen LogP contribution is -2.52. The van der Waals surface area contributed by atoms with E-state index >= 15 is 0 Å². The van der Waals surface area contributed by atoms with Crippen LogP contribution in [0.5, 0.6) is 0 Å². The number of ether oxygens (including phenoxy) is 2. The summed E-state index contributed by atoms with van der Waals surface area (Å²) in [5, 5.41) is 14.2. The van der Waals surface area contributed by atoms with Crippen molar-refractivity contribution in [3.05, 3.63) is 70.3 Å². The lowest BCUT2D eigenvalue weighted by molar-refractivity contribution is -0.143. The molecule has 0 amide bonds. The predicted molar refractivity (Wildman–Crippen MR) is 132 cm³/mol. The standard InChI is InChI=1S/C27H32ClNO4/c1-32-17-19(18-33-2)14-21-15-20-6-3-4-9-24(20)26(21)10-12-27(13-11-26,25(30)31)29-23-8-5-7-22(28)16-23/h3-9,15-16,19,29H,10-14,17-18H2,1-2H3,(H,30,31). The largest absolute Gasteiger partial charge is 0.480 e. The van der Waals surface area contributed by atoms with E-state index < -0.39 is 11.5 Å². The Labute approximate surface area is 200 Å². The van der Waals surface area contributed by atoms with Crippen molar-refractivity contribution in [2.45, 2.75) is 43.1 Å². The number of allylic oxidation sites excluding steroid dienone is 1. The highest BCUT2D eigenvalue weighted by atomic mass is 35.5. The molecule has 0 radical (unpaired) electrons. The van der Waals surface area contributed by atoms with Gasteiger partial charge in [0.25, 0.3) is 0 Å². The van der Waals surface area contributed by atoms with Gasteiger partial charge in [0.2, 0.25) is 0 Å². The molecule has 1 saturated carbocycles. The zero-order valence-corrected chi connectivity index (χ0v) is 20.0. The summed E-state index contributed by atoms with van der Waals surface area (Å²) >= 11 is 6.15. The third-order valence-corrected chi connectivity index (χ3v) is 7.54. The number of carbonyl (C=O) groups is 1. The van der Waals surface area contributed by atoms with Gasteiger partial charge in [0.05, 0.1) is 13.2 Å². The van der Waals surface area contributed by atoms with Crippen LogP contribution in [0.3, 0.4) is 0 Å². The number of methoxy groups -OCH3 is 2. The molecule has 4 rings (SSSR count). The van der Waals surface area contributed by atoms with Crippen molar-refractivity contribution in [3.8, 4) is 0 Å². The van der Waals surface area contributed by atoms with E-state index in [1.807, 2.05) is 12.1 Å². The van der Waals surface area contributed by atoms with E-state index in [0.29, 0.717) is 31.1 Å². The number of carboxylic acid groups (broad SMARTS) is 1. The first-order valence-corrected chi connectivity index (χ1v) is 11.9. The Morgan fingerprint density at radius 1 is 1.06 bits per heavy atom. The second kappa shape index (κ2) is 9.88. The summed E-state index contributed by atoms with van der Waals surface area (Å²) in [7, 11) is 3.44. The molecule has 0 aliphatic heterocycles. The normalized spacial score (nSPS) is 24.1. The predicted octanol–water partition coefficient (Wildman–Crippen LogP) is 5.78. The summed E-state index contributed by atoms with van der Waals surface area (Å²) in [5.41, 5.74) is 3.50. The quantitative estimate of drug-likeness (QED) is 0.487. The number of anilines is 1. The first kappa shape index (κ1) is 23.8. The van der Waals surface area contributed by atoms with Gasteiger partial charge in [0.1, 0.15) is 5.54 Å². The Hall–Kier alpha value is -2.34. The van der Waals surface area contributed by atoms with Gasteiger partial charge in [0, 0.05) is 36.3 Å². The monoisotopic (exact) mass is 469 g/mol. The second-order valence-electron chi connectivity index (χ2n) is 9.34. The van der Waals surface area contributed by atoms with Crippen LogP contribution >= 0.6 is 11.6 Å². The molecule has 2 aliphatic carbocycles. The van der Waals surface area contributed by atoms with Gasteiger partial charge in [-0.2, -0.15) is 0 Å². The molecule has 0 aromatic heterocycles. The zero-order valence-electron chi connectivity index (χ0n) is 19.3. The minimum Gasteiger partial charge on any atom is -0.480 e. The van der Waals surface area contributed by atoms with Crippen LogP contribution in [0, 0.1) is 5.92 Å². The number of nitrogens with one attached hydrogen (secondary N) is 1. The van der Waals surface area contributed by atoms with Crippen molar-refractivity contribution in [3.63, 3.8) is 0 Å². The van der Waals surface area contributed by atoms with Crippen molar-refractivity contribution in [2.24, 2.45) is 5.92 Å². The third-order valence-electron chi connectivity index (χ3n) is 7.31. The van der Waals surface area contributed by atoms with Gasteiger partial charge < -0.3 is 19.9 Å². The Kier molecular flexibility index (Phi) is 7.13. The zero-order chi connectivity index (χ0) is 23.5. The molecule has 5 nitrogen and oxygen atoms in total. The first-order chi connectivity index (χ1) is 15.9. The molecule has 1 spiro atoms. The van der Waals surface area contributed by atoms with Crippen LogP contribution in [0.25, 0.3) is 6.08 Å². The molecule has 0 atom stereocenters. The van der Waals surface area contributed by atoms with Crippen LogP contribution < -0.4 is 5.32 Å². The Balaban J connectivity index is 1.62. The molecule has 0 unspecified atom stereocenters. The summed E-state index contributed by atoms with van der Waals surface area (Å²) in [6, 6.07) is 15.8. The highest BCUT2D eigenvalue weighted by Gasteiger charge is 2.51. The third kappa shape index (κ3) is 4.68. The lowest BCUT2D eigenvalue weighted by Gasteiger charge is -2.46. The summed E-state index contributed by atoms with van der Waals surface area (Å²) in [6.45, 7) is 1.26. The Morgan fingerprint density at radius 2 is 1.76 bits per heavy atom. The molecule has 2 N–H and O–H groups in total. The first-order valence-electron chi connectivity index (χ1n) is 11.5. The fourth-order valence-electron chi connectivity index (χ4n) is 5.69. The van der Waals surface area contributed by atoms with Gasteiger partial charge in [0.15, 0.2) is 0 Å². The number of rotatable bonds is 9. The molecule has 0 heterocycles. The number of benzene rings is 2. The van der Waals surface area contributed by atoms with Gasteiger partial charge in [-0.3, -0.25) is 0 Å². The maximum absolute atomic E-state index is 12.5. The maximum Gasteiger partial charge on any atom is 0.329 e. The van der Waals surface area contributed by atoms with E-state index in [2.05, 4.69) is 35.7 Å². The van der Waals surface area contributed by atoms with Crippen LogP contribution in [0.1, 0.15) is 43.2 Å². The van der Waals surface area contributed by atoms with E-state index in [4.69, 9.17) is 21.1 Å². The highest BCUT2D eigenvalue weighted by molar-refractivity contribution is 6.30. The van der Waals surface area contributed by atoms with Gasteiger partial charge >= 0.3 is 5.97 Å². The van der Waals surface area contributed by atoms with E-state index in [9.17, 15) is 9.90 Å². The van der Waals surface area contributed by atoms with E-state index in [-0.39, 0.29) is 11.3 Å². The Morgan fingerprint density at radius 3 is 2.39 bits per heavy atom. The van der Waals surface area contributed by atoms with Crippen molar-refractivity contribution >= 4 is 29.3 Å². The van der Waals surface area contributed by atoms with Crippen molar-refractivity contribution in [2.75, 3.05) is 32.8 Å². The van der Waals surface area contributed by atoms with Crippen LogP contribution in [-0.4, -0.2) is 44.0 Å². The summed E-state index contributed by atoms with van der Waals surface area (Å²) in [6.07, 6.45) is 5.77. The molecule has 176 valence electrons. The average Bonchev–Trinajstić information content (AvgIpc) is 3.09. The van der Waals surface area contributed by atoms with Crippen molar-refractivity contribution in [1.29, 1.82) is 0 Å². The topological polar surface area (TPSA) is 67.8 Å². The van der Waals surface area contributed by atoms with Gasteiger partial charge in [-0.1, -0.05) is 53.6 Å². The highest BCUT2D eigenvalue weighted by Crippen LogP contribution is 2.55. The average molecular weight is 470 g/mol. The molecule has 33 heavy (non-hydrogen) atoms. The van der Waals surface area contributed by atoms with Crippen LogP contribution in [0.2, 0.25) is 5.02 Å². The molecular weight excluding hydrogens is 438 g/mol. The number of halogens is 1. The smallest absolute Gasteiger partial charge is 0.329 e. The maximum atomic E-state index is 12.5. The fourth-order valence-corrected chi connectivity index (χ4v) is 5.88. The minimum atomic E-state index is -1.02. The van der Waals surface area contributed by atoms with Crippen molar-refractivity contribution < 1.29 is 19.4 Å². The van der Waals surface area contributed by atoms with Gasteiger partial charge in [-0.25, -0.2) is 4.79 Å². The van der Waals surface area contributed by atoms with Crippen LogP contribution in [-0.2, 0) is 19.7 Å². The lowest BCUT2D eigenvalue weighted by atomic mass is 9.61. The summed E-state index contributed by atoms with van der Waals surface area (Å²) < 4.78 is 10.9. The summed E-state index contributed by atoms with van der Waals surface area (Å²) in [4.78, 5) is 12.5. The number of aliphatic carboxylic acids is 1. The molecule has 1 fully saturated rings. The van der Waals surface area contributed by atoms with Crippen LogP contribution in [0.4, 0.5) is 5.69 Å². The number of hydrogen-bond acceptors (Lipinski definition) is 4. The molecule has 0 saturated heterocycles. The number of hydrogen-bond donors (Lipinski definition) is 2. The Bertz CT molecular complexity index is 1020. The molecule has 6 heteroatoms. The molecule has 2 aliphatic rings. The van der Waals surface area contributed by atoms with Gasteiger partial charge in [-0.05, 0) is 61.4 Å². The van der Waals surface area contributed by atoms with E-state index in [1.54, 1.807) is 26.4 Å². The van der Waals surface area contributed by atoms with E-state index in [0.717, 1.165) is 24.9 Å². The molecule has 2 aromatic carbocycles. The van der Waals surface area contributed by atoms with E-state index in [1.165, 1.54) is 16.7 Å². The molecule has 2 aromatic rings. The molecular formula is C27H32ClNO4. The fraction of sp³-hybridized carbons (Fsp3) is 0.444. The van der Waals surface area contributed by atoms with Crippen LogP contribution in [0.15, 0.2) is 54.1 Å². The second-order valence-corrected chi connectivity index (χ2v) is 9.78. The SMILES string of the molecule is COCC(COC)CC1=Cc2ccccc2C12CCC(Nc1cccc(Cl)c1)(C(=O)O)CC2. The number of fused-ring (bicyclic) bond motifs is 2. The molecule has 0 bridgehead atoms. The summed E-state index contributed by atoms with van der Waals surface area (Å²) in [5.74, 6) is -0.557. The minimum absolute atomic E-state index is 0.148. The van der Waals surface area contributed by atoms with Gasteiger partial charge in [-0.15, -0.1) is 0 Å². The number of carboxylic acids is 1. The van der Waals surface area contributed by atoms with Crippen molar-refractivity contribution in [1.82, 2.24) is 0 Å².